The fourth-order valence-corrected chi connectivity index (χ4v) is 2.26. The highest BCUT2D eigenvalue weighted by Gasteiger charge is 2.13. The molecule has 0 aliphatic heterocycles. The zero-order valence-electron chi connectivity index (χ0n) is 10.7. The summed E-state index contributed by atoms with van der Waals surface area (Å²) < 4.78 is 20.4. The molecule has 2 rings (SSSR count). The van der Waals surface area contributed by atoms with Crippen LogP contribution in [0.2, 0.25) is 0 Å². The molecule has 4 heteroatoms. The molecule has 0 aromatic heterocycles. The Balaban J connectivity index is 2.41. The molecule has 2 nitrogen and oxygen atoms in total. The number of aryl methyl sites for hydroxylation is 1. The van der Waals surface area contributed by atoms with Gasteiger partial charge in [0.1, 0.15) is 17.3 Å². The summed E-state index contributed by atoms with van der Waals surface area (Å²) >= 11 is 2.19. The van der Waals surface area contributed by atoms with Gasteiger partial charge in [0.25, 0.3) is 0 Å². The number of hydrogen-bond acceptors (Lipinski definition) is 2. The van der Waals surface area contributed by atoms with Gasteiger partial charge in [-0.2, -0.15) is 0 Å². The molecule has 100 valence electrons. The van der Waals surface area contributed by atoms with Gasteiger partial charge in [-0.1, -0.05) is 6.07 Å². The van der Waals surface area contributed by atoms with Crippen LogP contribution in [-0.2, 0) is 0 Å². The highest BCUT2D eigenvalue weighted by molar-refractivity contribution is 14.1. The van der Waals surface area contributed by atoms with Crippen LogP contribution in [0, 0.1) is 16.3 Å². The van der Waals surface area contributed by atoms with Crippen molar-refractivity contribution in [2.75, 3.05) is 0 Å². The average molecular weight is 372 g/mol. The fraction of sp³-hybridized carbons (Fsp3) is 0.200. The van der Waals surface area contributed by atoms with E-state index in [-0.39, 0.29) is 5.82 Å². The number of aliphatic hydroxyl groups excluding tert-OH is 1. The summed E-state index contributed by atoms with van der Waals surface area (Å²) in [5, 5.41) is 9.70. The van der Waals surface area contributed by atoms with E-state index < -0.39 is 6.10 Å². The molecule has 0 aliphatic carbocycles. The number of ether oxygens (including phenoxy) is 1. The first-order chi connectivity index (χ1) is 8.97. The van der Waals surface area contributed by atoms with Gasteiger partial charge in [0.05, 0.1) is 6.10 Å². The molecule has 0 saturated carbocycles. The number of rotatable bonds is 3. The first kappa shape index (κ1) is 14.3. The number of halogens is 2. The maximum absolute atomic E-state index is 13.6. The summed E-state index contributed by atoms with van der Waals surface area (Å²) in [6, 6.07) is 10.5. The second-order valence-corrected chi connectivity index (χ2v) is 5.62. The number of benzene rings is 2. The van der Waals surface area contributed by atoms with Crippen LogP contribution in [0.4, 0.5) is 4.39 Å². The molecule has 0 spiro atoms. The quantitative estimate of drug-likeness (QED) is 0.799. The minimum absolute atomic E-state index is 0.342. The zero-order chi connectivity index (χ0) is 14.0. The Hall–Kier alpha value is -1.14. The third-order valence-electron chi connectivity index (χ3n) is 2.77. The largest absolute Gasteiger partial charge is 0.457 e. The molecule has 0 radical (unpaired) electrons. The van der Waals surface area contributed by atoms with Crippen molar-refractivity contribution in [1.29, 1.82) is 0 Å². The molecule has 0 saturated heterocycles. The maximum atomic E-state index is 13.6. The van der Waals surface area contributed by atoms with Crippen molar-refractivity contribution in [3.63, 3.8) is 0 Å². The molecule has 19 heavy (non-hydrogen) atoms. The lowest BCUT2D eigenvalue weighted by Gasteiger charge is -2.14. The molecule has 0 bridgehead atoms. The first-order valence-corrected chi connectivity index (χ1v) is 6.97. The number of hydrogen-bond donors (Lipinski definition) is 1. The topological polar surface area (TPSA) is 29.5 Å². The second-order valence-electron chi connectivity index (χ2n) is 4.37. The highest BCUT2D eigenvalue weighted by Crippen LogP contribution is 2.32. The summed E-state index contributed by atoms with van der Waals surface area (Å²) in [6.07, 6.45) is -0.784. The van der Waals surface area contributed by atoms with E-state index in [2.05, 4.69) is 22.6 Å². The second kappa shape index (κ2) is 5.88. The van der Waals surface area contributed by atoms with Crippen LogP contribution in [-0.4, -0.2) is 5.11 Å². The van der Waals surface area contributed by atoms with Crippen molar-refractivity contribution < 1.29 is 14.2 Å². The van der Waals surface area contributed by atoms with E-state index >= 15 is 0 Å². The molecule has 0 fully saturated rings. The minimum Gasteiger partial charge on any atom is -0.457 e. The van der Waals surface area contributed by atoms with Crippen molar-refractivity contribution in [3.8, 4) is 11.5 Å². The predicted octanol–water partition coefficient (Wildman–Crippen LogP) is 4.58. The van der Waals surface area contributed by atoms with Gasteiger partial charge < -0.3 is 9.84 Å². The third kappa shape index (κ3) is 3.45. The van der Waals surface area contributed by atoms with Crippen LogP contribution in [0.5, 0.6) is 11.5 Å². The Labute approximate surface area is 125 Å². The van der Waals surface area contributed by atoms with Crippen molar-refractivity contribution in [2.24, 2.45) is 0 Å². The third-order valence-corrected chi connectivity index (χ3v) is 3.44. The van der Waals surface area contributed by atoms with Crippen molar-refractivity contribution >= 4 is 22.6 Å². The Morgan fingerprint density at radius 1 is 1.26 bits per heavy atom. The maximum Gasteiger partial charge on any atom is 0.133 e. The molecule has 0 amide bonds. The van der Waals surface area contributed by atoms with Gasteiger partial charge in [-0.15, -0.1) is 0 Å². The van der Waals surface area contributed by atoms with Crippen LogP contribution in [0.1, 0.15) is 24.2 Å². The molecule has 0 aliphatic rings. The fourth-order valence-electron chi connectivity index (χ4n) is 1.74. The van der Waals surface area contributed by atoms with Crippen LogP contribution in [0.15, 0.2) is 36.4 Å². The van der Waals surface area contributed by atoms with Gasteiger partial charge in [-0.3, -0.25) is 0 Å². The molecular formula is C15H14FIO2. The smallest absolute Gasteiger partial charge is 0.133 e. The Morgan fingerprint density at radius 2 is 2.00 bits per heavy atom. The summed E-state index contributed by atoms with van der Waals surface area (Å²) in [7, 11) is 0. The lowest BCUT2D eigenvalue weighted by atomic mass is 10.1. The lowest BCUT2D eigenvalue weighted by Crippen LogP contribution is -1.99. The highest BCUT2D eigenvalue weighted by atomic mass is 127. The van der Waals surface area contributed by atoms with Gasteiger partial charge >= 0.3 is 0 Å². The van der Waals surface area contributed by atoms with Crippen LogP contribution < -0.4 is 4.74 Å². The molecule has 2 aromatic rings. The van der Waals surface area contributed by atoms with E-state index in [1.54, 1.807) is 19.9 Å². The van der Waals surface area contributed by atoms with Crippen molar-refractivity contribution in [2.45, 2.75) is 20.0 Å². The number of aliphatic hydroxyl groups is 1. The molecular weight excluding hydrogens is 358 g/mol. The van der Waals surface area contributed by atoms with E-state index in [1.807, 2.05) is 24.3 Å². The summed E-state index contributed by atoms with van der Waals surface area (Å²) in [6.45, 7) is 3.26. The van der Waals surface area contributed by atoms with Gasteiger partial charge in [0.15, 0.2) is 0 Å². The van der Waals surface area contributed by atoms with Crippen LogP contribution in [0.3, 0.4) is 0 Å². The zero-order valence-corrected chi connectivity index (χ0v) is 12.8. The van der Waals surface area contributed by atoms with Gasteiger partial charge in [0.2, 0.25) is 0 Å². The summed E-state index contributed by atoms with van der Waals surface area (Å²) in [5.41, 5.74) is 0.937. The van der Waals surface area contributed by atoms with E-state index in [4.69, 9.17) is 4.74 Å². The van der Waals surface area contributed by atoms with E-state index in [0.717, 1.165) is 3.57 Å². The Bertz CT molecular complexity index is 597. The monoisotopic (exact) mass is 372 g/mol. The van der Waals surface area contributed by atoms with Gasteiger partial charge in [0, 0.05) is 9.13 Å². The van der Waals surface area contributed by atoms with E-state index in [9.17, 15) is 9.50 Å². The van der Waals surface area contributed by atoms with Gasteiger partial charge in [-0.05, 0) is 72.3 Å². The van der Waals surface area contributed by atoms with Crippen molar-refractivity contribution in [1.82, 2.24) is 0 Å². The minimum atomic E-state index is -0.784. The van der Waals surface area contributed by atoms with Gasteiger partial charge in [-0.25, -0.2) is 4.39 Å². The molecule has 1 N–H and O–H groups in total. The summed E-state index contributed by atoms with van der Waals surface area (Å²) in [5.74, 6) is 0.807. The van der Waals surface area contributed by atoms with E-state index in [1.165, 1.54) is 6.07 Å². The standard InChI is InChI=1S/C15H14FIO2/c1-9-6-15(13(10(2)18)8-14(9)16)19-12-5-3-4-11(17)7-12/h3-8,10,18H,1-2H3. The SMILES string of the molecule is Cc1cc(Oc2cccc(I)c2)c(C(C)O)cc1F. The molecule has 0 heterocycles. The Kier molecular flexibility index (Phi) is 4.42. The first-order valence-electron chi connectivity index (χ1n) is 5.89. The molecule has 1 atom stereocenters. The lowest BCUT2D eigenvalue weighted by molar-refractivity contribution is 0.195. The van der Waals surface area contributed by atoms with Crippen molar-refractivity contribution in [3.05, 3.63) is 56.9 Å². The Morgan fingerprint density at radius 3 is 2.63 bits per heavy atom. The van der Waals surface area contributed by atoms with E-state index in [0.29, 0.717) is 22.6 Å². The average Bonchev–Trinajstić information content (AvgIpc) is 2.33. The summed E-state index contributed by atoms with van der Waals surface area (Å²) in [4.78, 5) is 0. The molecule has 2 aromatic carbocycles. The normalized spacial score (nSPS) is 12.3. The van der Waals surface area contributed by atoms with Crippen LogP contribution in [0.25, 0.3) is 0 Å². The van der Waals surface area contributed by atoms with Crippen LogP contribution >= 0.6 is 22.6 Å². The molecule has 1 unspecified atom stereocenters. The predicted molar refractivity (Wildman–Crippen MR) is 81.0 cm³/mol.